The number of rotatable bonds is 2. The fraction of sp³-hybridized carbons (Fsp3) is 0.750. The van der Waals surface area contributed by atoms with Gasteiger partial charge in [0.25, 0.3) is 0 Å². The lowest BCUT2D eigenvalue weighted by atomic mass is 9.90. The highest BCUT2D eigenvalue weighted by atomic mass is 127. The van der Waals surface area contributed by atoms with Crippen LogP contribution < -0.4 is 0 Å². The van der Waals surface area contributed by atoms with Crippen molar-refractivity contribution >= 4 is 28.7 Å². The first kappa shape index (κ1) is 17.6. The molecule has 0 radical (unpaired) electrons. The van der Waals surface area contributed by atoms with Crippen molar-refractivity contribution in [3.8, 4) is 0 Å². The Morgan fingerprint density at radius 3 is 2.41 bits per heavy atom. The average Bonchev–Trinajstić information content (AvgIpc) is 2.76. The Hall–Kier alpha value is -0.790. The van der Waals surface area contributed by atoms with Gasteiger partial charge in [0, 0.05) is 18.8 Å². The summed E-state index contributed by atoms with van der Waals surface area (Å²) in [5.41, 5.74) is 0.801. The van der Waals surface area contributed by atoms with Crippen LogP contribution in [-0.2, 0) is 4.74 Å². The van der Waals surface area contributed by atoms with Crippen LogP contribution in [0.2, 0.25) is 0 Å². The highest BCUT2D eigenvalue weighted by Crippen LogP contribution is 2.32. The number of aromatic nitrogens is 2. The third-order valence-electron chi connectivity index (χ3n) is 4.23. The third kappa shape index (κ3) is 4.14. The van der Waals surface area contributed by atoms with Crippen LogP contribution in [0.5, 0.6) is 0 Å². The van der Waals surface area contributed by atoms with Gasteiger partial charge in [0.1, 0.15) is 5.60 Å². The Kier molecular flexibility index (Phi) is 5.40. The van der Waals surface area contributed by atoms with Crippen molar-refractivity contribution in [2.75, 3.05) is 7.05 Å². The van der Waals surface area contributed by atoms with Gasteiger partial charge in [-0.2, -0.15) is 5.10 Å². The lowest BCUT2D eigenvalue weighted by Gasteiger charge is -2.35. The monoisotopic (exact) mass is 419 g/mol. The molecule has 0 spiro atoms. The standard InChI is InChI=1S/C16H26IN3O2/c1-11-14(17)10-18-20(11)13-8-6-12(7-9-13)19(5)15(21)22-16(2,3)4/h10,12-13H,6-9H2,1-5H3. The molecule has 1 fully saturated rings. The second-order valence-corrected chi connectivity index (χ2v) is 8.24. The number of nitrogens with zero attached hydrogens (tertiary/aromatic N) is 3. The van der Waals surface area contributed by atoms with Gasteiger partial charge in [-0.1, -0.05) is 0 Å². The average molecular weight is 419 g/mol. The molecule has 0 bridgehead atoms. The molecule has 0 N–H and O–H groups in total. The smallest absolute Gasteiger partial charge is 0.410 e. The zero-order valence-corrected chi connectivity index (χ0v) is 16.3. The number of carbonyl (C=O) groups is 1. The maximum absolute atomic E-state index is 12.2. The first-order valence-corrected chi connectivity index (χ1v) is 8.92. The second kappa shape index (κ2) is 6.76. The SMILES string of the molecule is Cc1c(I)cnn1C1CCC(N(C)C(=O)OC(C)(C)C)CC1. The van der Waals surface area contributed by atoms with Gasteiger partial charge in [-0.25, -0.2) is 4.79 Å². The molecule has 0 aliphatic heterocycles. The summed E-state index contributed by atoms with van der Waals surface area (Å²) in [7, 11) is 1.85. The molecule has 1 saturated carbocycles. The summed E-state index contributed by atoms with van der Waals surface area (Å²) in [4.78, 5) is 13.9. The molecular weight excluding hydrogens is 393 g/mol. The number of halogens is 1. The highest BCUT2D eigenvalue weighted by Gasteiger charge is 2.30. The number of carbonyl (C=O) groups excluding carboxylic acids is 1. The molecule has 1 aromatic heterocycles. The van der Waals surface area contributed by atoms with Gasteiger partial charge < -0.3 is 9.64 Å². The van der Waals surface area contributed by atoms with Gasteiger partial charge in [0.15, 0.2) is 0 Å². The largest absolute Gasteiger partial charge is 0.444 e. The molecule has 6 heteroatoms. The Bertz CT molecular complexity index is 528. The quantitative estimate of drug-likeness (QED) is 0.677. The van der Waals surface area contributed by atoms with E-state index < -0.39 is 5.60 Å². The first-order valence-electron chi connectivity index (χ1n) is 7.84. The third-order valence-corrected chi connectivity index (χ3v) is 5.29. The molecule has 124 valence electrons. The lowest BCUT2D eigenvalue weighted by molar-refractivity contribution is 0.0172. The summed E-state index contributed by atoms with van der Waals surface area (Å²) in [6, 6.07) is 0.716. The van der Waals surface area contributed by atoms with Crippen molar-refractivity contribution in [2.24, 2.45) is 0 Å². The summed E-state index contributed by atoms with van der Waals surface area (Å²) in [6.45, 7) is 7.82. The number of hydrogen-bond acceptors (Lipinski definition) is 3. The molecule has 0 unspecified atom stereocenters. The zero-order chi connectivity index (χ0) is 16.5. The van der Waals surface area contributed by atoms with Crippen LogP contribution >= 0.6 is 22.6 Å². The minimum absolute atomic E-state index is 0.222. The Morgan fingerprint density at radius 1 is 1.36 bits per heavy atom. The van der Waals surface area contributed by atoms with Crippen molar-refractivity contribution in [3.63, 3.8) is 0 Å². The number of ether oxygens (including phenoxy) is 1. The van der Waals surface area contributed by atoms with Crippen molar-refractivity contribution in [3.05, 3.63) is 15.5 Å². The van der Waals surface area contributed by atoms with E-state index in [0.717, 1.165) is 25.7 Å². The highest BCUT2D eigenvalue weighted by molar-refractivity contribution is 14.1. The Labute approximate surface area is 146 Å². The van der Waals surface area contributed by atoms with Crippen molar-refractivity contribution in [1.29, 1.82) is 0 Å². The second-order valence-electron chi connectivity index (χ2n) is 7.08. The minimum atomic E-state index is -0.439. The van der Waals surface area contributed by atoms with Crippen molar-refractivity contribution in [1.82, 2.24) is 14.7 Å². The number of hydrogen-bond donors (Lipinski definition) is 0. The van der Waals surface area contributed by atoms with Crippen LogP contribution in [0.4, 0.5) is 4.79 Å². The Morgan fingerprint density at radius 2 is 1.95 bits per heavy atom. The molecule has 0 atom stereocenters. The van der Waals surface area contributed by atoms with Gasteiger partial charge >= 0.3 is 6.09 Å². The zero-order valence-electron chi connectivity index (χ0n) is 14.1. The van der Waals surface area contributed by atoms with Crippen LogP contribution in [0.25, 0.3) is 0 Å². The van der Waals surface area contributed by atoms with E-state index in [2.05, 4.69) is 39.3 Å². The molecule has 5 nitrogen and oxygen atoms in total. The predicted molar refractivity (Wildman–Crippen MR) is 95.0 cm³/mol. The van der Waals surface area contributed by atoms with Crippen molar-refractivity contribution < 1.29 is 9.53 Å². The van der Waals surface area contributed by atoms with E-state index >= 15 is 0 Å². The van der Waals surface area contributed by atoms with Crippen LogP contribution in [0.15, 0.2) is 6.20 Å². The fourth-order valence-corrected chi connectivity index (χ4v) is 3.32. The van der Waals surface area contributed by atoms with E-state index in [0.29, 0.717) is 6.04 Å². The van der Waals surface area contributed by atoms with Gasteiger partial charge in [-0.15, -0.1) is 0 Å². The van der Waals surface area contributed by atoms with Crippen LogP contribution in [-0.4, -0.2) is 39.5 Å². The van der Waals surface area contributed by atoms with Crippen LogP contribution in [0.1, 0.15) is 58.2 Å². The predicted octanol–water partition coefficient (Wildman–Crippen LogP) is 4.15. The molecule has 2 rings (SSSR count). The molecule has 22 heavy (non-hydrogen) atoms. The van der Waals surface area contributed by atoms with E-state index in [1.54, 1.807) is 4.90 Å². The molecule has 1 aromatic rings. The maximum Gasteiger partial charge on any atom is 0.410 e. The van der Waals surface area contributed by atoms with E-state index in [4.69, 9.17) is 4.74 Å². The summed E-state index contributed by atoms with van der Waals surface area (Å²) in [6.07, 6.45) is 5.80. The molecule has 1 aliphatic rings. The van der Waals surface area contributed by atoms with Crippen LogP contribution in [0, 0.1) is 10.5 Å². The molecule has 1 heterocycles. The first-order chi connectivity index (χ1) is 10.2. The fourth-order valence-electron chi connectivity index (χ4n) is 2.94. The number of amides is 1. The summed E-state index contributed by atoms with van der Waals surface area (Å²) < 4.78 is 8.81. The molecule has 0 aromatic carbocycles. The van der Waals surface area contributed by atoms with Gasteiger partial charge in [0.05, 0.1) is 15.8 Å². The summed E-state index contributed by atoms with van der Waals surface area (Å²) in [5, 5.41) is 4.50. The van der Waals surface area contributed by atoms with E-state index in [1.807, 2.05) is 34.0 Å². The molecule has 0 saturated heterocycles. The van der Waals surface area contributed by atoms with Crippen LogP contribution in [0.3, 0.4) is 0 Å². The summed E-state index contributed by atoms with van der Waals surface area (Å²) >= 11 is 2.32. The van der Waals surface area contributed by atoms with Gasteiger partial charge in [-0.05, 0) is 76.0 Å². The normalized spacial score (nSPS) is 22.5. The molecular formula is C16H26IN3O2. The lowest BCUT2D eigenvalue weighted by Crippen LogP contribution is -2.42. The van der Waals surface area contributed by atoms with E-state index in [-0.39, 0.29) is 12.1 Å². The van der Waals surface area contributed by atoms with E-state index in [9.17, 15) is 4.79 Å². The Balaban J connectivity index is 1.92. The van der Waals surface area contributed by atoms with Gasteiger partial charge in [0.2, 0.25) is 0 Å². The van der Waals surface area contributed by atoms with Gasteiger partial charge in [-0.3, -0.25) is 4.68 Å². The topological polar surface area (TPSA) is 47.4 Å². The van der Waals surface area contributed by atoms with E-state index in [1.165, 1.54) is 9.26 Å². The van der Waals surface area contributed by atoms with Crippen molar-refractivity contribution in [2.45, 2.75) is 71.1 Å². The molecule has 1 amide bonds. The minimum Gasteiger partial charge on any atom is -0.444 e. The summed E-state index contributed by atoms with van der Waals surface area (Å²) in [5.74, 6) is 0. The molecule has 1 aliphatic carbocycles. The maximum atomic E-state index is 12.2.